The summed E-state index contributed by atoms with van der Waals surface area (Å²) in [4.78, 5) is 0. The average molecular weight is 399 g/mol. The molecule has 0 atom stereocenters. The van der Waals surface area contributed by atoms with Crippen LogP contribution in [-0.2, 0) is 12.7 Å². The van der Waals surface area contributed by atoms with Crippen LogP contribution in [0.25, 0.3) is 0 Å². The lowest BCUT2D eigenvalue weighted by Crippen LogP contribution is -2.11. The first-order valence-corrected chi connectivity index (χ1v) is 7.37. The zero-order valence-electron chi connectivity index (χ0n) is 10.4. The van der Waals surface area contributed by atoms with Gasteiger partial charge in [-0.05, 0) is 29.8 Å². The molecule has 0 spiro atoms. The molecule has 0 heterocycles. The predicted molar refractivity (Wildman–Crippen MR) is 82.9 cm³/mol. The van der Waals surface area contributed by atoms with Gasteiger partial charge < -0.3 is 5.32 Å². The molecule has 112 valence electrons. The topological polar surface area (TPSA) is 12.0 Å². The second-order valence-electron chi connectivity index (χ2n) is 4.25. The van der Waals surface area contributed by atoms with E-state index in [4.69, 9.17) is 23.2 Å². The zero-order chi connectivity index (χ0) is 15.6. The molecule has 0 radical (unpaired) electrons. The fourth-order valence-electron chi connectivity index (χ4n) is 1.79. The van der Waals surface area contributed by atoms with Gasteiger partial charge >= 0.3 is 6.18 Å². The fraction of sp³-hybridized carbons (Fsp3) is 0.143. The Balaban J connectivity index is 2.28. The first kappa shape index (κ1) is 16.5. The SMILES string of the molecule is FC(F)(F)c1cccc(Cl)c1NCc1ccc(Br)cc1Cl. The van der Waals surface area contributed by atoms with Crippen LogP contribution in [0.5, 0.6) is 0 Å². The van der Waals surface area contributed by atoms with Crippen LogP contribution in [0.3, 0.4) is 0 Å². The number of halogens is 6. The smallest absolute Gasteiger partial charge is 0.379 e. The molecule has 2 aromatic carbocycles. The van der Waals surface area contributed by atoms with Gasteiger partial charge in [0.05, 0.1) is 16.3 Å². The van der Waals surface area contributed by atoms with E-state index in [-0.39, 0.29) is 17.3 Å². The summed E-state index contributed by atoms with van der Waals surface area (Å²) in [5.74, 6) is 0. The number of hydrogen-bond acceptors (Lipinski definition) is 1. The highest BCUT2D eigenvalue weighted by Crippen LogP contribution is 2.38. The molecule has 0 aliphatic carbocycles. The summed E-state index contributed by atoms with van der Waals surface area (Å²) >= 11 is 15.2. The lowest BCUT2D eigenvalue weighted by molar-refractivity contribution is -0.136. The van der Waals surface area contributed by atoms with Crippen LogP contribution in [0, 0.1) is 0 Å². The molecule has 21 heavy (non-hydrogen) atoms. The first-order chi connectivity index (χ1) is 9.79. The van der Waals surface area contributed by atoms with Crippen molar-refractivity contribution in [3.05, 3.63) is 62.0 Å². The Morgan fingerprint density at radius 3 is 2.38 bits per heavy atom. The minimum absolute atomic E-state index is 0.0121. The van der Waals surface area contributed by atoms with Gasteiger partial charge in [0.2, 0.25) is 0 Å². The number of alkyl halides is 3. The fourth-order valence-corrected chi connectivity index (χ4v) is 2.77. The molecule has 0 saturated heterocycles. The van der Waals surface area contributed by atoms with Crippen molar-refractivity contribution in [3.8, 4) is 0 Å². The van der Waals surface area contributed by atoms with E-state index < -0.39 is 11.7 Å². The highest BCUT2D eigenvalue weighted by atomic mass is 79.9. The quantitative estimate of drug-likeness (QED) is 0.631. The summed E-state index contributed by atoms with van der Waals surface area (Å²) in [5, 5.41) is 3.18. The molecule has 0 aliphatic heterocycles. The van der Waals surface area contributed by atoms with Crippen molar-refractivity contribution < 1.29 is 13.2 Å². The maximum absolute atomic E-state index is 13.0. The van der Waals surface area contributed by atoms with Crippen LogP contribution in [0.15, 0.2) is 40.9 Å². The number of rotatable bonds is 3. The number of benzene rings is 2. The zero-order valence-corrected chi connectivity index (χ0v) is 13.5. The number of hydrogen-bond donors (Lipinski definition) is 1. The highest BCUT2D eigenvalue weighted by Gasteiger charge is 2.34. The van der Waals surface area contributed by atoms with Crippen LogP contribution in [0.1, 0.15) is 11.1 Å². The number of anilines is 1. The van der Waals surface area contributed by atoms with Crippen molar-refractivity contribution in [3.63, 3.8) is 0 Å². The second kappa shape index (κ2) is 6.46. The van der Waals surface area contributed by atoms with E-state index >= 15 is 0 Å². The monoisotopic (exact) mass is 397 g/mol. The highest BCUT2D eigenvalue weighted by molar-refractivity contribution is 9.10. The largest absolute Gasteiger partial charge is 0.418 e. The minimum Gasteiger partial charge on any atom is -0.379 e. The van der Waals surface area contributed by atoms with Gasteiger partial charge in [-0.15, -0.1) is 0 Å². The van der Waals surface area contributed by atoms with Crippen molar-refractivity contribution in [2.24, 2.45) is 0 Å². The van der Waals surface area contributed by atoms with Gasteiger partial charge in [0, 0.05) is 16.0 Å². The average Bonchev–Trinajstić information content (AvgIpc) is 2.37. The molecule has 2 aromatic rings. The maximum atomic E-state index is 13.0. The molecule has 0 fully saturated rings. The molecule has 0 bridgehead atoms. The molecular formula is C14H9BrCl2F3N. The third kappa shape index (κ3) is 4.05. The summed E-state index contributed by atoms with van der Waals surface area (Å²) in [7, 11) is 0. The van der Waals surface area contributed by atoms with Gasteiger partial charge in [-0.1, -0.05) is 51.3 Å². The molecule has 0 saturated carbocycles. The maximum Gasteiger partial charge on any atom is 0.418 e. The Labute approximate surface area is 138 Å². The van der Waals surface area contributed by atoms with E-state index in [9.17, 15) is 13.2 Å². The van der Waals surface area contributed by atoms with Crippen LogP contribution in [-0.4, -0.2) is 0 Å². The Kier molecular flexibility index (Phi) is 5.07. The molecule has 1 N–H and O–H groups in total. The van der Waals surface area contributed by atoms with Gasteiger partial charge in [0.25, 0.3) is 0 Å². The van der Waals surface area contributed by atoms with Crippen LogP contribution in [0.2, 0.25) is 10.0 Å². The molecule has 2 rings (SSSR count). The summed E-state index contributed by atoms with van der Waals surface area (Å²) in [6.07, 6.45) is -4.48. The van der Waals surface area contributed by atoms with E-state index in [1.807, 2.05) is 0 Å². The number of nitrogens with one attached hydrogen (secondary N) is 1. The Morgan fingerprint density at radius 1 is 1.05 bits per heavy atom. The standard InChI is InChI=1S/C14H9BrCl2F3N/c15-9-5-4-8(12(17)6-9)7-21-13-10(14(18,19)20)2-1-3-11(13)16/h1-6,21H,7H2. The van der Waals surface area contributed by atoms with Gasteiger partial charge in [0.1, 0.15) is 0 Å². The van der Waals surface area contributed by atoms with Crippen molar-refractivity contribution in [2.45, 2.75) is 12.7 Å². The van der Waals surface area contributed by atoms with Crippen molar-refractivity contribution >= 4 is 44.8 Å². The van der Waals surface area contributed by atoms with Gasteiger partial charge in [0.15, 0.2) is 0 Å². The Hall–Kier alpha value is -0.910. The lowest BCUT2D eigenvalue weighted by Gasteiger charge is -2.16. The predicted octanol–water partition coefficient (Wildman–Crippen LogP) is 6.39. The third-order valence-electron chi connectivity index (χ3n) is 2.79. The molecule has 0 unspecified atom stereocenters. The van der Waals surface area contributed by atoms with Gasteiger partial charge in [-0.3, -0.25) is 0 Å². The van der Waals surface area contributed by atoms with E-state index in [0.29, 0.717) is 10.6 Å². The van der Waals surface area contributed by atoms with Gasteiger partial charge in [-0.2, -0.15) is 13.2 Å². The van der Waals surface area contributed by atoms with Crippen molar-refractivity contribution in [2.75, 3.05) is 5.32 Å². The Bertz CT molecular complexity index is 659. The number of para-hydroxylation sites is 1. The van der Waals surface area contributed by atoms with E-state index in [0.717, 1.165) is 10.5 Å². The van der Waals surface area contributed by atoms with E-state index in [1.165, 1.54) is 12.1 Å². The molecule has 7 heteroatoms. The molecule has 0 amide bonds. The second-order valence-corrected chi connectivity index (χ2v) is 5.98. The molecule has 0 aromatic heterocycles. The van der Waals surface area contributed by atoms with E-state index in [2.05, 4.69) is 21.2 Å². The van der Waals surface area contributed by atoms with Crippen molar-refractivity contribution in [1.29, 1.82) is 0 Å². The molecule has 1 nitrogen and oxygen atoms in total. The van der Waals surface area contributed by atoms with E-state index in [1.54, 1.807) is 18.2 Å². The van der Waals surface area contributed by atoms with Crippen LogP contribution < -0.4 is 5.32 Å². The third-order valence-corrected chi connectivity index (χ3v) is 3.95. The summed E-state index contributed by atoms with van der Waals surface area (Å²) < 4.78 is 39.7. The normalized spacial score (nSPS) is 11.5. The molecular weight excluding hydrogens is 390 g/mol. The first-order valence-electron chi connectivity index (χ1n) is 5.82. The summed E-state index contributed by atoms with van der Waals surface area (Å²) in [6, 6.07) is 8.82. The van der Waals surface area contributed by atoms with Crippen LogP contribution in [0.4, 0.5) is 18.9 Å². The summed E-state index contributed by atoms with van der Waals surface area (Å²) in [6.45, 7) is 0.138. The van der Waals surface area contributed by atoms with Crippen molar-refractivity contribution in [1.82, 2.24) is 0 Å². The van der Waals surface area contributed by atoms with Gasteiger partial charge in [-0.25, -0.2) is 0 Å². The summed E-state index contributed by atoms with van der Waals surface area (Å²) in [5.41, 5.74) is -0.276. The van der Waals surface area contributed by atoms with Crippen LogP contribution >= 0.6 is 39.1 Å². The molecule has 0 aliphatic rings. The Morgan fingerprint density at radius 2 is 1.76 bits per heavy atom. The lowest BCUT2D eigenvalue weighted by atomic mass is 10.1. The minimum atomic E-state index is -4.48.